The van der Waals surface area contributed by atoms with Crippen molar-refractivity contribution in [1.82, 2.24) is 0 Å². The van der Waals surface area contributed by atoms with E-state index in [1.54, 1.807) is 12.1 Å². The maximum atomic E-state index is 12.6. The molecule has 8 nitrogen and oxygen atoms in total. The molecule has 0 aliphatic heterocycles. The Bertz CT molecular complexity index is 994. The maximum Gasteiger partial charge on any atom is 0.340 e. The van der Waals surface area contributed by atoms with Crippen molar-refractivity contribution in [3.8, 4) is 5.75 Å². The molecule has 1 aliphatic carbocycles. The molecular weight excluding hydrogens is 334 g/mol. The standard InChI is InChI=1S/C15H11N3O5S/c16-17-13-8-14(11-5-1-2-6-12(11)15(13)19)24(21,22)23-10-4-3-7-18(20)9-10/h1-9,15,19H. The molecule has 0 saturated heterocycles. The van der Waals surface area contributed by atoms with Crippen molar-refractivity contribution >= 4 is 20.7 Å². The summed E-state index contributed by atoms with van der Waals surface area (Å²) in [6.07, 6.45) is 1.91. The molecule has 24 heavy (non-hydrogen) atoms. The van der Waals surface area contributed by atoms with E-state index >= 15 is 0 Å². The lowest BCUT2D eigenvalue weighted by molar-refractivity contribution is -0.605. The van der Waals surface area contributed by atoms with Crippen LogP contribution >= 0.6 is 0 Å². The van der Waals surface area contributed by atoms with E-state index < -0.39 is 16.2 Å². The van der Waals surface area contributed by atoms with Gasteiger partial charge in [-0.3, -0.25) is 0 Å². The summed E-state index contributed by atoms with van der Waals surface area (Å²) in [6.45, 7) is 0. The first kappa shape index (κ1) is 15.9. The molecule has 3 rings (SSSR count). The van der Waals surface area contributed by atoms with Crippen LogP contribution in [0.25, 0.3) is 10.4 Å². The minimum absolute atomic E-state index is 0.167. The number of fused-ring (bicyclic) bond motifs is 1. The highest BCUT2D eigenvalue weighted by atomic mass is 32.2. The van der Waals surface area contributed by atoms with Crippen LogP contribution in [0.15, 0.2) is 54.9 Å². The Labute approximate surface area is 137 Å². The number of aliphatic hydroxyl groups excluding tert-OH is 1. The zero-order chi connectivity index (χ0) is 17.3. The molecule has 0 bridgehead atoms. The Balaban J connectivity index is 2.11. The number of benzene rings is 1. The molecule has 1 unspecified atom stereocenters. The summed E-state index contributed by atoms with van der Waals surface area (Å²) in [6, 6.07) is 8.89. The third-order valence-electron chi connectivity index (χ3n) is 3.42. The van der Waals surface area contributed by atoms with E-state index in [9.17, 15) is 18.7 Å². The third-order valence-corrected chi connectivity index (χ3v) is 4.71. The number of hydrogen-bond acceptors (Lipinski definition) is 5. The first-order chi connectivity index (χ1) is 11.4. The molecule has 0 fully saturated rings. The lowest BCUT2D eigenvalue weighted by atomic mass is 9.93. The van der Waals surface area contributed by atoms with Gasteiger partial charge in [0, 0.05) is 23.3 Å². The number of aromatic nitrogens is 1. The second kappa shape index (κ2) is 5.89. The van der Waals surface area contributed by atoms with Gasteiger partial charge in [0.25, 0.3) is 0 Å². The molecule has 0 radical (unpaired) electrons. The van der Waals surface area contributed by atoms with E-state index in [4.69, 9.17) is 9.71 Å². The van der Waals surface area contributed by atoms with Crippen LogP contribution in [0.1, 0.15) is 17.2 Å². The Morgan fingerprint density at radius 1 is 1.25 bits per heavy atom. The quantitative estimate of drug-likeness (QED) is 0.289. The van der Waals surface area contributed by atoms with Crippen LogP contribution in [-0.2, 0) is 10.1 Å². The van der Waals surface area contributed by atoms with Gasteiger partial charge >= 0.3 is 15.8 Å². The summed E-state index contributed by atoms with van der Waals surface area (Å²) in [5, 5.41) is 21.3. The van der Waals surface area contributed by atoms with Crippen molar-refractivity contribution in [2.24, 2.45) is 0 Å². The highest BCUT2D eigenvalue weighted by Crippen LogP contribution is 2.34. The zero-order valence-corrected chi connectivity index (χ0v) is 12.9. The predicted molar refractivity (Wildman–Crippen MR) is 83.0 cm³/mol. The third kappa shape index (κ3) is 2.79. The molecule has 9 heteroatoms. The zero-order valence-electron chi connectivity index (χ0n) is 12.1. The van der Waals surface area contributed by atoms with Gasteiger partial charge in [-0.2, -0.15) is 17.9 Å². The first-order valence-electron chi connectivity index (χ1n) is 6.77. The first-order valence-corrected chi connectivity index (χ1v) is 8.17. The monoisotopic (exact) mass is 345 g/mol. The van der Waals surface area contributed by atoms with Gasteiger partial charge in [0.15, 0.2) is 12.3 Å². The predicted octanol–water partition coefficient (Wildman–Crippen LogP) is 0.788. The van der Waals surface area contributed by atoms with E-state index in [2.05, 4.69) is 4.79 Å². The summed E-state index contributed by atoms with van der Waals surface area (Å²) >= 11 is 0. The van der Waals surface area contributed by atoms with Gasteiger partial charge in [-0.1, -0.05) is 24.3 Å². The second-order valence-electron chi connectivity index (χ2n) is 4.96. The maximum absolute atomic E-state index is 12.6. The molecule has 1 aromatic heterocycles. The van der Waals surface area contributed by atoms with Crippen molar-refractivity contribution in [3.05, 3.63) is 76.7 Å². The van der Waals surface area contributed by atoms with E-state index in [0.29, 0.717) is 4.73 Å². The average molecular weight is 345 g/mol. The molecule has 122 valence electrons. The number of rotatable bonds is 3. The molecule has 0 saturated carbocycles. The van der Waals surface area contributed by atoms with E-state index in [1.807, 2.05) is 0 Å². The highest BCUT2D eigenvalue weighted by Gasteiger charge is 2.36. The van der Waals surface area contributed by atoms with Gasteiger partial charge < -0.3 is 20.0 Å². The molecule has 0 amide bonds. The van der Waals surface area contributed by atoms with Gasteiger partial charge in [-0.25, -0.2) is 0 Å². The molecule has 0 spiro atoms. The SMILES string of the molecule is [N-]=[N+]=C1C=C(S(=O)(=O)Oc2ccc[n+]([O-])c2)c2ccccc2C1O. The molecular formula is C15H11N3O5S. The van der Waals surface area contributed by atoms with Crippen LogP contribution < -0.4 is 8.91 Å². The Hall–Kier alpha value is -3.00. The molecule has 1 aromatic carbocycles. The minimum atomic E-state index is -4.33. The Kier molecular flexibility index (Phi) is 3.90. The van der Waals surface area contributed by atoms with Gasteiger partial charge in [-0.05, 0) is 6.07 Å². The fourth-order valence-electron chi connectivity index (χ4n) is 2.36. The van der Waals surface area contributed by atoms with Crippen LogP contribution in [0.4, 0.5) is 0 Å². The lowest BCUT2D eigenvalue weighted by Crippen LogP contribution is -2.26. The molecule has 1 N–H and O–H groups in total. The lowest BCUT2D eigenvalue weighted by Gasteiger charge is -2.18. The van der Waals surface area contributed by atoms with Crippen LogP contribution in [0, 0.1) is 5.21 Å². The summed E-state index contributed by atoms with van der Waals surface area (Å²) in [5.74, 6) is -0.167. The fraction of sp³-hybridized carbons (Fsp3) is 0.0667. The summed E-state index contributed by atoms with van der Waals surface area (Å²) in [5.41, 5.74) is 9.26. The topological polar surface area (TPSA) is 127 Å². The van der Waals surface area contributed by atoms with Crippen molar-refractivity contribution in [1.29, 1.82) is 0 Å². The van der Waals surface area contributed by atoms with Crippen LogP contribution in [0.2, 0.25) is 0 Å². The van der Waals surface area contributed by atoms with E-state index in [1.165, 1.54) is 30.5 Å². The van der Waals surface area contributed by atoms with Crippen molar-refractivity contribution < 1.29 is 27.2 Å². The van der Waals surface area contributed by atoms with Gasteiger partial charge in [0.05, 0.1) is 0 Å². The Morgan fingerprint density at radius 2 is 2.00 bits per heavy atom. The van der Waals surface area contributed by atoms with Crippen molar-refractivity contribution in [3.63, 3.8) is 0 Å². The average Bonchev–Trinajstić information content (AvgIpc) is 2.55. The van der Waals surface area contributed by atoms with Crippen molar-refractivity contribution in [2.75, 3.05) is 0 Å². The fourth-order valence-corrected chi connectivity index (χ4v) is 3.52. The van der Waals surface area contributed by atoms with Gasteiger partial charge in [0.1, 0.15) is 4.91 Å². The summed E-state index contributed by atoms with van der Waals surface area (Å²) in [4.78, 5) is 2.65. The summed E-state index contributed by atoms with van der Waals surface area (Å²) in [7, 11) is -4.33. The van der Waals surface area contributed by atoms with Crippen LogP contribution in [-0.4, -0.2) is 24.0 Å². The Morgan fingerprint density at radius 3 is 2.71 bits per heavy atom. The van der Waals surface area contributed by atoms with Crippen LogP contribution in [0.3, 0.4) is 0 Å². The number of hydrogen-bond donors (Lipinski definition) is 1. The molecule has 1 heterocycles. The van der Waals surface area contributed by atoms with Gasteiger partial charge in [-0.15, -0.1) is 0 Å². The number of pyridine rings is 1. The number of aliphatic hydroxyl groups is 1. The number of nitrogens with zero attached hydrogens (tertiary/aromatic N) is 3. The normalized spacial score (nSPS) is 16.8. The highest BCUT2D eigenvalue weighted by molar-refractivity contribution is 7.96. The van der Waals surface area contributed by atoms with E-state index in [0.717, 1.165) is 12.3 Å². The molecule has 2 aromatic rings. The molecule has 1 atom stereocenters. The summed E-state index contributed by atoms with van der Waals surface area (Å²) < 4.78 is 30.5. The van der Waals surface area contributed by atoms with Crippen LogP contribution in [0.5, 0.6) is 5.75 Å². The molecule has 1 aliphatic rings. The minimum Gasteiger partial charge on any atom is -0.619 e. The van der Waals surface area contributed by atoms with Crippen molar-refractivity contribution in [2.45, 2.75) is 6.10 Å². The van der Waals surface area contributed by atoms with E-state index in [-0.39, 0.29) is 27.5 Å². The largest absolute Gasteiger partial charge is 0.619 e. The van der Waals surface area contributed by atoms with Gasteiger partial charge in [0.2, 0.25) is 11.9 Å². The smallest absolute Gasteiger partial charge is 0.340 e. The second-order valence-corrected chi connectivity index (χ2v) is 6.47.